The van der Waals surface area contributed by atoms with Crippen LogP contribution in [0.25, 0.3) is 16.7 Å². The average Bonchev–Trinajstić information content (AvgIpc) is 2.70. The molecule has 1 atom stereocenters. The molecule has 28 heavy (non-hydrogen) atoms. The van der Waals surface area contributed by atoms with Crippen LogP contribution in [0.4, 0.5) is 0 Å². The molecule has 2 rings (SSSR count). The summed E-state index contributed by atoms with van der Waals surface area (Å²) in [5, 5.41) is 0. The summed E-state index contributed by atoms with van der Waals surface area (Å²) in [4.78, 5) is 0. The predicted octanol–water partition coefficient (Wildman–Crippen LogP) is 8.63. The van der Waals surface area contributed by atoms with E-state index in [9.17, 15) is 0 Å². The van der Waals surface area contributed by atoms with Crippen molar-refractivity contribution in [1.82, 2.24) is 4.74 Å². The zero-order valence-corrected chi connectivity index (χ0v) is 18.8. The third-order valence-corrected chi connectivity index (χ3v) is 6.31. The molecule has 2 nitrogen and oxygen atoms in total. The van der Waals surface area contributed by atoms with Gasteiger partial charge in [0.05, 0.1) is 6.54 Å². The molecule has 1 aromatic carbocycles. The third kappa shape index (κ3) is 6.43. The molecule has 1 heterocycles. The maximum Gasteiger partial charge on any atom is 0.182 e. The molecule has 2 aromatic rings. The van der Waals surface area contributed by atoms with Gasteiger partial charge in [-0.15, -0.1) is 0 Å². The Labute approximate surface area is 172 Å². The number of aromatic nitrogens is 1. The van der Waals surface area contributed by atoms with Gasteiger partial charge >= 0.3 is 0 Å². The maximum absolute atomic E-state index is 5.85. The van der Waals surface area contributed by atoms with Crippen LogP contribution in [0.2, 0.25) is 0 Å². The Morgan fingerprint density at radius 3 is 2.43 bits per heavy atom. The van der Waals surface area contributed by atoms with E-state index in [1.54, 1.807) is 0 Å². The van der Waals surface area contributed by atoms with Crippen molar-refractivity contribution in [3.63, 3.8) is 0 Å². The van der Waals surface area contributed by atoms with Crippen LogP contribution in [0.1, 0.15) is 91.5 Å². The second kappa shape index (κ2) is 12.0. The molecule has 2 heteroatoms. The van der Waals surface area contributed by atoms with Gasteiger partial charge < -0.3 is 4.52 Å². The van der Waals surface area contributed by atoms with Gasteiger partial charge in [0.1, 0.15) is 5.52 Å². The first-order chi connectivity index (χ1) is 13.6. The summed E-state index contributed by atoms with van der Waals surface area (Å²) in [6.07, 6.45) is 17.5. The average molecular weight is 384 g/mol. The summed E-state index contributed by atoms with van der Waals surface area (Å²) in [6, 6.07) is 6.50. The monoisotopic (exact) mass is 383 g/mol. The molecule has 0 radical (unpaired) electrons. The largest absolute Gasteiger partial charge is 0.377 e. The van der Waals surface area contributed by atoms with Gasteiger partial charge in [0.25, 0.3) is 0 Å². The highest BCUT2D eigenvalue weighted by atomic mass is 16.5. The second-order valence-electron chi connectivity index (χ2n) is 8.28. The quantitative estimate of drug-likeness (QED) is 0.316. The number of hydrogen-bond acceptors (Lipinski definition) is 1. The summed E-state index contributed by atoms with van der Waals surface area (Å²) in [5.74, 6) is 1.77. The Kier molecular flexibility index (Phi) is 9.67. The molecular weight excluding hydrogens is 342 g/mol. The summed E-state index contributed by atoms with van der Waals surface area (Å²) in [5.41, 5.74) is 4.73. The topological polar surface area (TPSA) is 18.1 Å². The second-order valence-corrected chi connectivity index (χ2v) is 8.28. The van der Waals surface area contributed by atoms with Crippen molar-refractivity contribution < 1.29 is 4.52 Å². The lowest BCUT2D eigenvalue weighted by Crippen LogP contribution is -2.04. The number of nitrogens with zero attached hydrogens (tertiary/aromatic N) is 1. The van der Waals surface area contributed by atoms with Gasteiger partial charge in [-0.1, -0.05) is 90.0 Å². The standard InChI is InChI=1S/C26H41NO/c1-6-13-23(16-12-15-22(8-3)9-4)14-10-11-19-27-25-18-17-24(21(5)7-2)20-26(25)28-27/h7,10-11,17-18,20,22-23H,6,8-9,12-16,19H2,1-5H3/b11-10+,21-7+. The Balaban J connectivity index is 1.81. The van der Waals surface area contributed by atoms with Crippen LogP contribution in [0.3, 0.4) is 0 Å². The van der Waals surface area contributed by atoms with E-state index < -0.39 is 0 Å². The lowest BCUT2D eigenvalue weighted by Gasteiger charge is -2.17. The first kappa shape index (κ1) is 22.6. The molecule has 1 unspecified atom stereocenters. The molecule has 0 fully saturated rings. The zero-order valence-electron chi connectivity index (χ0n) is 18.8. The Morgan fingerprint density at radius 2 is 1.79 bits per heavy atom. The molecule has 156 valence electrons. The lowest BCUT2D eigenvalue weighted by molar-refractivity contribution is 0.287. The molecule has 0 N–H and O–H groups in total. The van der Waals surface area contributed by atoms with Gasteiger partial charge in [0.2, 0.25) is 0 Å². The van der Waals surface area contributed by atoms with Crippen molar-refractivity contribution in [3.05, 3.63) is 42.0 Å². The fourth-order valence-corrected chi connectivity index (χ4v) is 4.11. The van der Waals surface area contributed by atoms with Crippen LogP contribution in [-0.2, 0) is 6.54 Å². The van der Waals surface area contributed by atoms with E-state index in [0.717, 1.165) is 24.0 Å². The number of hydrogen-bond donors (Lipinski definition) is 0. The molecule has 0 aliphatic heterocycles. The SMILES string of the molecule is C/C=C(\C)c1ccc2c(c1)on2C/C=C/CC(CCC)CCCC(CC)CC. The van der Waals surface area contributed by atoms with E-state index >= 15 is 0 Å². The summed E-state index contributed by atoms with van der Waals surface area (Å²) >= 11 is 0. The fourth-order valence-electron chi connectivity index (χ4n) is 4.11. The molecule has 0 aliphatic carbocycles. The Morgan fingerprint density at radius 1 is 1.04 bits per heavy atom. The Bertz CT molecular complexity index is 742. The summed E-state index contributed by atoms with van der Waals surface area (Å²) in [7, 11) is 0. The van der Waals surface area contributed by atoms with Crippen molar-refractivity contribution in [1.29, 1.82) is 0 Å². The van der Waals surface area contributed by atoms with E-state index in [-0.39, 0.29) is 0 Å². The van der Waals surface area contributed by atoms with Crippen LogP contribution < -0.4 is 0 Å². The predicted molar refractivity (Wildman–Crippen MR) is 124 cm³/mol. The molecule has 0 aliphatic rings. The van der Waals surface area contributed by atoms with Gasteiger partial charge in [-0.3, -0.25) is 0 Å². The van der Waals surface area contributed by atoms with Crippen LogP contribution in [0, 0.1) is 11.8 Å². The van der Waals surface area contributed by atoms with E-state index in [2.05, 4.69) is 71.0 Å². The van der Waals surface area contributed by atoms with Crippen molar-refractivity contribution in [3.8, 4) is 0 Å². The van der Waals surface area contributed by atoms with Crippen molar-refractivity contribution >= 4 is 16.7 Å². The van der Waals surface area contributed by atoms with Crippen LogP contribution in [-0.4, -0.2) is 4.74 Å². The summed E-state index contributed by atoms with van der Waals surface area (Å²) < 4.78 is 7.83. The minimum absolute atomic E-state index is 0.835. The first-order valence-electron chi connectivity index (χ1n) is 11.5. The highest BCUT2D eigenvalue weighted by molar-refractivity contribution is 5.79. The maximum atomic E-state index is 5.85. The molecule has 1 aromatic heterocycles. The highest BCUT2D eigenvalue weighted by Crippen LogP contribution is 2.25. The molecular formula is C26H41NO. The van der Waals surface area contributed by atoms with E-state index in [0.29, 0.717) is 0 Å². The van der Waals surface area contributed by atoms with Gasteiger partial charge in [-0.05, 0) is 55.4 Å². The first-order valence-corrected chi connectivity index (χ1v) is 11.5. The van der Waals surface area contributed by atoms with Crippen molar-refractivity contribution in [2.45, 2.75) is 92.5 Å². The minimum atomic E-state index is 0.835. The summed E-state index contributed by atoms with van der Waals surface area (Å²) in [6.45, 7) is 12.0. The number of benzene rings is 1. The van der Waals surface area contributed by atoms with Crippen LogP contribution in [0.15, 0.2) is 41.0 Å². The fraction of sp³-hybridized carbons (Fsp3) is 0.615. The molecule has 0 saturated carbocycles. The van der Waals surface area contributed by atoms with Crippen LogP contribution in [0.5, 0.6) is 0 Å². The zero-order chi connectivity index (χ0) is 20.4. The number of rotatable bonds is 13. The number of allylic oxidation sites excluding steroid dienone is 4. The molecule has 0 saturated heterocycles. The smallest absolute Gasteiger partial charge is 0.182 e. The van der Waals surface area contributed by atoms with Gasteiger partial charge in [0, 0.05) is 0 Å². The lowest BCUT2D eigenvalue weighted by atomic mass is 9.89. The molecule has 0 spiro atoms. The minimum Gasteiger partial charge on any atom is -0.377 e. The van der Waals surface area contributed by atoms with Gasteiger partial charge in [0.15, 0.2) is 5.58 Å². The van der Waals surface area contributed by atoms with E-state index in [4.69, 9.17) is 4.52 Å². The third-order valence-electron chi connectivity index (χ3n) is 6.31. The van der Waals surface area contributed by atoms with Crippen molar-refractivity contribution in [2.24, 2.45) is 11.8 Å². The Hall–Kier alpha value is -1.70. The van der Waals surface area contributed by atoms with Gasteiger partial charge in [-0.25, -0.2) is 4.74 Å². The normalized spacial score (nSPS) is 14.0. The number of fused-ring (bicyclic) bond motifs is 1. The van der Waals surface area contributed by atoms with E-state index in [1.165, 1.54) is 68.0 Å². The van der Waals surface area contributed by atoms with Crippen LogP contribution >= 0.6 is 0 Å². The molecule has 0 bridgehead atoms. The van der Waals surface area contributed by atoms with Crippen molar-refractivity contribution in [2.75, 3.05) is 0 Å². The highest BCUT2D eigenvalue weighted by Gasteiger charge is 2.10. The van der Waals surface area contributed by atoms with E-state index in [1.807, 2.05) is 4.74 Å². The molecule has 0 amide bonds. The van der Waals surface area contributed by atoms with Gasteiger partial charge in [-0.2, -0.15) is 0 Å².